The molecule has 5 heteroatoms. The van der Waals surface area contributed by atoms with Gasteiger partial charge in [-0.1, -0.05) is 6.92 Å². The van der Waals surface area contributed by atoms with Gasteiger partial charge in [-0.25, -0.2) is 8.78 Å². The Morgan fingerprint density at radius 1 is 1.05 bits per heavy atom. The third kappa shape index (κ3) is 3.38. The average Bonchev–Trinajstić information content (AvgIpc) is 2.42. The molecule has 0 amide bonds. The summed E-state index contributed by atoms with van der Waals surface area (Å²) >= 11 is 0. The third-order valence-electron chi connectivity index (χ3n) is 2.57. The zero-order valence-corrected chi connectivity index (χ0v) is 11.0. The lowest BCUT2D eigenvalue weighted by Crippen LogP contribution is -1.99. The van der Waals surface area contributed by atoms with E-state index in [9.17, 15) is 8.78 Å². The monoisotopic (exact) mass is 279 g/mol. The van der Waals surface area contributed by atoms with Gasteiger partial charge in [0.25, 0.3) is 0 Å². The molecule has 0 aliphatic heterocycles. The van der Waals surface area contributed by atoms with Crippen LogP contribution in [0.15, 0.2) is 36.4 Å². The zero-order valence-electron chi connectivity index (χ0n) is 11.0. The van der Waals surface area contributed by atoms with Crippen LogP contribution in [0.5, 0.6) is 17.2 Å². The second kappa shape index (κ2) is 6.23. The van der Waals surface area contributed by atoms with Crippen molar-refractivity contribution in [1.29, 1.82) is 0 Å². The van der Waals surface area contributed by atoms with Gasteiger partial charge in [0.05, 0.1) is 12.3 Å². The first-order chi connectivity index (χ1) is 9.60. The van der Waals surface area contributed by atoms with Crippen LogP contribution >= 0.6 is 0 Å². The van der Waals surface area contributed by atoms with Crippen LogP contribution in [0.2, 0.25) is 0 Å². The molecule has 0 saturated heterocycles. The van der Waals surface area contributed by atoms with Crippen LogP contribution in [0.25, 0.3) is 0 Å². The van der Waals surface area contributed by atoms with E-state index in [-0.39, 0.29) is 5.75 Å². The van der Waals surface area contributed by atoms with Crippen LogP contribution in [-0.4, -0.2) is 6.61 Å². The van der Waals surface area contributed by atoms with Gasteiger partial charge in [0.15, 0.2) is 11.6 Å². The van der Waals surface area contributed by atoms with E-state index in [4.69, 9.17) is 15.2 Å². The largest absolute Gasteiger partial charge is 0.491 e. The minimum absolute atomic E-state index is 0.0578. The van der Waals surface area contributed by atoms with Gasteiger partial charge in [-0.15, -0.1) is 0 Å². The summed E-state index contributed by atoms with van der Waals surface area (Å²) < 4.78 is 37.1. The van der Waals surface area contributed by atoms with Crippen molar-refractivity contribution in [3.05, 3.63) is 48.0 Å². The lowest BCUT2D eigenvalue weighted by molar-refractivity contribution is 0.317. The Labute approximate surface area is 115 Å². The maximum Gasteiger partial charge on any atom is 0.168 e. The molecule has 0 spiro atoms. The summed E-state index contributed by atoms with van der Waals surface area (Å²) in [5.74, 6) is -0.628. The SMILES string of the molecule is CCCOc1cc(Oc2ccc(F)cc2F)ccc1N. The molecule has 0 atom stereocenters. The molecule has 3 nitrogen and oxygen atoms in total. The van der Waals surface area contributed by atoms with Crippen LogP contribution in [-0.2, 0) is 0 Å². The number of anilines is 1. The van der Waals surface area contributed by atoms with Crippen molar-refractivity contribution in [3.63, 3.8) is 0 Å². The summed E-state index contributed by atoms with van der Waals surface area (Å²) in [6, 6.07) is 7.91. The second-order valence-electron chi connectivity index (χ2n) is 4.22. The highest BCUT2D eigenvalue weighted by Gasteiger charge is 2.08. The fourth-order valence-corrected chi connectivity index (χ4v) is 1.60. The lowest BCUT2D eigenvalue weighted by Gasteiger charge is -2.11. The van der Waals surface area contributed by atoms with E-state index in [0.717, 1.165) is 18.6 Å². The topological polar surface area (TPSA) is 44.5 Å². The van der Waals surface area contributed by atoms with Crippen LogP contribution in [0.3, 0.4) is 0 Å². The second-order valence-corrected chi connectivity index (χ2v) is 4.22. The normalized spacial score (nSPS) is 10.3. The van der Waals surface area contributed by atoms with Crippen LogP contribution in [0, 0.1) is 11.6 Å². The highest BCUT2D eigenvalue weighted by Crippen LogP contribution is 2.31. The Bertz CT molecular complexity index is 602. The molecule has 0 aromatic heterocycles. The van der Waals surface area contributed by atoms with Crippen LogP contribution in [0.1, 0.15) is 13.3 Å². The average molecular weight is 279 g/mol. The quantitative estimate of drug-likeness (QED) is 0.837. The van der Waals surface area contributed by atoms with E-state index in [2.05, 4.69) is 0 Å². The van der Waals surface area contributed by atoms with Gasteiger partial charge in [-0.2, -0.15) is 0 Å². The first-order valence-electron chi connectivity index (χ1n) is 6.25. The number of halogens is 2. The van der Waals surface area contributed by atoms with Crippen molar-refractivity contribution in [3.8, 4) is 17.2 Å². The third-order valence-corrected chi connectivity index (χ3v) is 2.57. The van der Waals surface area contributed by atoms with E-state index < -0.39 is 11.6 Å². The van der Waals surface area contributed by atoms with Crippen molar-refractivity contribution in [1.82, 2.24) is 0 Å². The molecule has 0 radical (unpaired) electrons. The van der Waals surface area contributed by atoms with E-state index >= 15 is 0 Å². The van der Waals surface area contributed by atoms with Crippen molar-refractivity contribution < 1.29 is 18.3 Å². The Kier molecular flexibility index (Phi) is 4.40. The molecule has 20 heavy (non-hydrogen) atoms. The summed E-state index contributed by atoms with van der Waals surface area (Å²) in [6.45, 7) is 2.50. The van der Waals surface area contributed by atoms with Crippen molar-refractivity contribution in [2.45, 2.75) is 13.3 Å². The van der Waals surface area contributed by atoms with Gasteiger partial charge >= 0.3 is 0 Å². The highest BCUT2D eigenvalue weighted by atomic mass is 19.1. The Hall–Kier alpha value is -2.30. The van der Waals surface area contributed by atoms with Crippen molar-refractivity contribution in [2.75, 3.05) is 12.3 Å². The molecule has 2 rings (SSSR count). The molecule has 0 bridgehead atoms. The number of nitrogen functional groups attached to an aromatic ring is 1. The molecule has 0 aliphatic carbocycles. The Morgan fingerprint density at radius 2 is 1.85 bits per heavy atom. The van der Waals surface area contributed by atoms with E-state index in [1.54, 1.807) is 18.2 Å². The summed E-state index contributed by atoms with van der Waals surface area (Å²) in [6.07, 6.45) is 0.844. The molecule has 2 N–H and O–H groups in total. The Balaban J connectivity index is 2.20. The molecule has 0 fully saturated rings. The minimum Gasteiger partial charge on any atom is -0.491 e. The predicted octanol–water partition coefficient (Wildman–Crippen LogP) is 4.13. The van der Waals surface area contributed by atoms with Gasteiger partial charge in [-0.3, -0.25) is 0 Å². The number of benzene rings is 2. The van der Waals surface area contributed by atoms with E-state index in [0.29, 0.717) is 23.8 Å². The highest BCUT2D eigenvalue weighted by molar-refractivity contribution is 5.56. The molecule has 0 heterocycles. The van der Waals surface area contributed by atoms with Crippen molar-refractivity contribution >= 4 is 5.69 Å². The fourth-order valence-electron chi connectivity index (χ4n) is 1.60. The summed E-state index contributed by atoms with van der Waals surface area (Å²) in [5.41, 5.74) is 6.25. The van der Waals surface area contributed by atoms with Crippen LogP contribution in [0.4, 0.5) is 14.5 Å². The first-order valence-corrected chi connectivity index (χ1v) is 6.25. The zero-order chi connectivity index (χ0) is 14.5. The number of hydrogen-bond donors (Lipinski definition) is 1. The first kappa shape index (κ1) is 14.1. The van der Waals surface area contributed by atoms with Crippen molar-refractivity contribution in [2.24, 2.45) is 0 Å². The molecular formula is C15H15F2NO2. The number of rotatable bonds is 5. The van der Waals surface area contributed by atoms with Gasteiger partial charge in [0.1, 0.15) is 17.3 Å². The fraction of sp³-hybridized carbons (Fsp3) is 0.200. The molecule has 0 aliphatic rings. The Morgan fingerprint density at radius 3 is 2.55 bits per heavy atom. The molecule has 106 valence electrons. The summed E-state index contributed by atoms with van der Waals surface area (Å²) in [5, 5.41) is 0. The van der Waals surface area contributed by atoms with Gasteiger partial charge in [0, 0.05) is 12.1 Å². The number of nitrogens with two attached hydrogens (primary N) is 1. The van der Waals surface area contributed by atoms with Gasteiger partial charge in [-0.05, 0) is 30.7 Å². The molecule has 0 unspecified atom stereocenters. The van der Waals surface area contributed by atoms with Crippen LogP contribution < -0.4 is 15.2 Å². The molecule has 2 aromatic carbocycles. The number of ether oxygens (including phenoxy) is 2. The van der Waals surface area contributed by atoms with E-state index in [1.165, 1.54) is 6.07 Å². The smallest absolute Gasteiger partial charge is 0.168 e. The predicted molar refractivity (Wildman–Crippen MR) is 73.1 cm³/mol. The lowest BCUT2D eigenvalue weighted by atomic mass is 10.2. The standard InChI is InChI=1S/C15H15F2NO2/c1-2-7-19-15-9-11(4-5-13(15)18)20-14-6-3-10(16)8-12(14)17/h3-6,8-9H,2,7,18H2,1H3. The number of hydrogen-bond acceptors (Lipinski definition) is 3. The maximum absolute atomic E-state index is 13.5. The van der Waals surface area contributed by atoms with E-state index in [1.807, 2.05) is 6.92 Å². The maximum atomic E-state index is 13.5. The molecule has 0 saturated carbocycles. The summed E-state index contributed by atoms with van der Waals surface area (Å²) in [7, 11) is 0. The molecular weight excluding hydrogens is 264 g/mol. The molecule has 2 aromatic rings. The summed E-state index contributed by atoms with van der Waals surface area (Å²) in [4.78, 5) is 0. The van der Waals surface area contributed by atoms with Gasteiger partial charge < -0.3 is 15.2 Å². The minimum atomic E-state index is -0.766. The van der Waals surface area contributed by atoms with Gasteiger partial charge in [0.2, 0.25) is 0 Å².